The summed E-state index contributed by atoms with van der Waals surface area (Å²) in [5, 5.41) is 2.33. The number of para-hydroxylation sites is 1. The smallest absolute Gasteiger partial charge is 0.243 e. The monoisotopic (exact) mass is 354 g/mol. The first-order valence-corrected chi connectivity index (χ1v) is 8.58. The molecule has 0 aromatic heterocycles. The maximum atomic E-state index is 13.5. The molecule has 0 radical (unpaired) electrons. The second-order valence-corrected chi connectivity index (χ2v) is 6.85. The number of amides is 1. The van der Waals surface area contributed by atoms with Gasteiger partial charge in [-0.2, -0.15) is 4.31 Å². The number of hydrogen-bond acceptors (Lipinski definition) is 3. The molecule has 0 aliphatic carbocycles. The second kappa shape index (κ2) is 7.50. The van der Waals surface area contributed by atoms with Crippen molar-refractivity contribution in [1.82, 2.24) is 4.31 Å². The highest BCUT2D eigenvalue weighted by Crippen LogP contribution is 2.17. The molecule has 0 bridgehead atoms. The Morgan fingerprint density at radius 3 is 2.29 bits per heavy atom. The van der Waals surface area contributed by atoms with Gasteiger partial charge in [0.25, 0.3) is 0 Å². The zero-order chi connectivity index (χ0) is 17.7. The van der Waals surface area contributed by atoms with Crippen LogP contribution in [0.2, 0.25) is 0 Å². The Morgan fingerprint density at radius 2 is 1.71 bits per heavy atom. The van der Waals surface area contributed by atoms with Crippen molar-refractivity contribution in [2.75, 3.05) is 18.4 Å². The Kier molecular flexibility index (Phi) is 5.63. The van der Waals surface area contributed by atoms with Gasteiger partial charge < -0.3 is 5.32 Å². The van der Waals surface area contributed by atoms with Gasteiger partial charge in [0.2, 0.25) is 15.9 Å². The highest BCUT2D eigenvalue weighted by Gasteiger charge is 2.25. The zero-order valence-electron chi connectivity index (χ0n) is 12.9. The largest absolute Gasteiger partial charge is 0.322 e. The number of anilines is 1. The van der Waals surface area contributed by atoms with Crippen LogP contribution < -0.4 is 5.32 Å². The number of rotatable bonds is 6. The fourth-order valence-corrected chi connectivity index (χ4v) is 3.44. The van der Waals surface area contributed by atoms with Gasteiger partial charge in [0.15, 0.2) is 0 Å². The molecule has 128 valence electrons. The third-order valence-electron chi connectivity index (χ3n) is 3.27. The van der Waals surface area contributed by atoms with Gasteiger partial charge in [-0.3, -0.25) is 4.79 Å². The van der Waals surface area contributed by atoms with Gasteiger partial charge in [-0.05, 0) is 36.4 Å². The van der Waals surface area contributed by atoms with E-state index in [2.05, 4.69) is 5.32 Å². The molecule has 2 rings (SSSR count). The van der Waals surface area contributed by atoms with Crippen molar-refractivity contribution in [2.24, 2.45) is 0 Å². The molecule has 0 saturated carbocycles. The van der Waals surface area contributed by atoms with Crippen molar-refractivity contribution in [3.8, 4) is 0 Å². The average Bonchev–Trinajstić information content (AvgIpc) is 2.55. The van der Waals surface area contributed by atoms with E-state index in [4.69, 9.17) is 0 Å². The highest BCUT2D eigenvalue weighted by atomic mass is 32.2. The van der Waals surface area contributed by atoms with Crippen LogP contribution in [0.3, 0.4) is 0 Å². The number of nitrogens with zero attached hydrogens (tertiary/aromatic N) is 1. The van der Waals surface area contributed by atoms with E-state index in [0.717, 1.165) is 28.6 Å². The molecule has 0 heterocycles. The highest BCUT2D eigenvalue weighted by molar-refractivity contribution is 7.89. The van der Waals surface area contributed by atoms with Crippen molar-refractivity contribution >= 4 is 21.6 Å². The summed E-state index contributed by atoms with van der Waals surface area (Å²) in [6.07, 6.45) is 0. The van der Waals surface area contributed by atoms with Gasteiger partial charge in [0.1, 0.15) is 11.6 Å². The number of halogens is 2. The number of hydrogen-bond donors (Lipinski definition) is 1. The SMILES string of the molecule is CCN(CC(=O)Nc1ccccc1F)S(=O)(=O)c1ccc(F)cc1. The molecular weight excluding hydrogens is 338 g/mol. The number of carbonyl (C=O) groups excluding carboxylic acids is 1. The Hall–Kier alpha value is -2.32. The average molecular weight is 354 g/mol. The molecule has 8 heteroatoms. The maximum absolute atomic E-state index is 13.5. The van der Waals surface area contributed by atoms with Crippen LogP contribution in [-0.4, -0.2) is 31.7 Å². The van der Waals surface area contributed by atoms with E-state index in [1.54, 1.807) is 13.0 Å². The summed E-state index contributed by atoms with van der Waals surface area (Å²) in [5.41, 5.74) is -0.0299. The third kappa shape index (κ3) is 4.15. The number of likely N-dealkylation sites (N-methyl/N-ethyl adjacent to an activating group) is 1. The van der Waals surface area contributed by atoms with Crippen LogP contribution in [0, 0.1) is 11.6 Å². The van der Waals surface area contributed by atoms with Gasteiger partial charge in [0, 0.05) is 6.54 Å². The number of benzene rings is 2. The van der Waals surface area contributed by atoms with Gasteiger partial charge >= 0.3 is 0 Å². The van der Waals surface area contributed by atoms with Crippen molar-refractivity contribution in [1.29, 1.82) is 0 Å². The summed E-state index contributed by atoms with van der Waals surface area (Å²) in [6.45, 7) is 1.12. The standard InChI is InChI=1S/C16H16F2N2O3S/c1-2-20(24(22,23)13-9-7-12(17)8-10-13)11-16(21)19-15-6-4-3-5-14(15)18/h3-10H,2,11H2,1H3,(H,19,21). The molecule has 2 aromatic rings. The Labute approximate surface area is 139 Å². The van der Waals surface area contributed by atoms with Crippen LogP contribution in [0.4, 0.5) is 14.5 Å². The van der Waals surface area contributed by atoms with Gasteiger partial charge in [0.05, 0.1) is 17.1 Å². The Bertz CT molecular complexity index is 823. The molecule has 0 spiro atoms. The quantitative estimate of drug-likeness (QED) is 0.867. The topological polar surface area (TPSA) is 66.5 Å². The lowest BCUT2D eigenvalue weighted by molar-refractivity contribution is -0.116. The molecule has 0 saturated heterocycles. The van der Waals surface area contributed by atoms with Gasteiger partial charge in [-0.25, -0.2) is 17.2 Å². The summed E-state index contributed by atoms with van der Waals surface area (Å²) < 4.78 is 52.3. The first-order chi connectivity index (χ1) is 11.3. The summed E-state index contributed by atoms with van der Waals surface area (Å²) in [5.74, 6) is -1.85. The zero-order valence-corrected chi connectivity index (χ0v) is 13.7. The third-order valence-corrected chi connectivity index (χ3v) is 5.21. The van der Waals surface area contributed by atoms with Crippen LogP contribution in [0.15, 0.2) is 53.4 Å². The maximum Gasteiger partial charge on any atom is 0.243 e. The normalized spacial score (nSPS) is 11.5. The van der Waals surface area contributed by atoms with E-state index in [1.165, 1.54) is 18.2 Å². The number of carbonyl (C=O) groups is 1. The number of sulfonamides is 1. The fourth-order valence-electron chi connectivity index (χ4n) is 2.03. The Balaban J connectivity index is 2.15. The molecule has 0 aliphatic rings. The van der Waals surface area contributed by atoms with Crippen LogP contribution in [-0.2, 0) is 14.8 Å². The lowest BCUT2D eigenvalue weighted by atomic mass is 10.3. The molecule has 0 atom stereocenters. The summed E-state index contributed by atoms with van der Waals surface area (Å²) in [7, 11) is -3.95. The molecule has 1 amide bonds. The van der Waals surface area contributed by atoms with E-state index in [-0.39, 0.29) is 17.1 Å². The molecule has 0 unspecified atom stereocenters. The first kappa shape index (κ1) is 18.0. The lowest BCUT2D eigenvalue weighted by Crippen LogP contribution is -2.37. The summed E-state index contributed by atoms with van der Waals surface area (Å²) >= 11 is 0. The molecule has 0 aliphatic heterocycles. The summed E-state index contributed by atoms with van der Waals surface area (Å²) in [6, 6.07) is 9.89. The predicted molar refractivity (Wildman–Crippen MR) is 85.9 cm³/mol. The first-order valence-electron chi connectivity index (χ1n) is 7.14. The van der Waals surface area contributed by atoms with Crippen LogP contribution in [0.5, 0.6) is 0 Å². The molecule has 5 nitrogen and oxygen atoms in total. The minimum atomic E-state index is -3.95. The molecule has 2 aromatic carbocycles. The van der Waals surface area contributed by atoms with Gasteiger partial charge in [-0.1, -0.05) is 19.1 Å². The molecule has 24 heavy (non-hydrogen) atoms. The van der Waals surface area contributed by atoms with Crippen LogP contribution >= 0.6 is 0 Å². The van der Waals surface area contributed by atoms with Crippen LogP contribution in [0.1, 0.15) is 6.92 Å². The van der Waals surface area contributed by atoms with Crippen molar-refractivity contribution in [2.45, 2.75) is 11.8 Å². The minimum absolute atomic E-state index is 0.0299. The lowest BCUT2D eigenvalue weighted by Gasteiger charge is -2.20. The predicted octanol–water partition coefficient (Wildman–Crippen LogP) is 2.61. The van der Waals surface area contributed by atoms with E-state index in [0.29, 0.717) is 0 Å². The molecule has 0 fully saturated rings. The van der Waals surface area contributed by atoms with Crippen molar-refractivity contribution in [3.05, 3.63) is 60.2 Å². The second-order valence-electron chi connectivity index (χ2n) is 4.91. The molecule has 1 N–H and O–H groups in total. The summed E-state index contributed by atoms with van der Waals surface area (Å²) in [4.78, 5) is 11.9. The van der Waals surface area contributed by atoms with E-state index in [9.17, 15) is 22.0 Å². The van der Waals surface area contributed by atoms with E-state index < -0.39 is 34.1 Å². The minimum Gasteiger partial charge on any atom is -0.322 e. The molecular formula is C16H16F2N2O3S. The van der Waals surface area contributed by atoms with Crippen molar-refractivity contribution in [3.63, 3.8) is 0 Å². The number of nitrogens with one attached hydrogen (secondary N) is 1. The van der Waals surface area contributed by atoms with E-state index in [1.807, 2.05) is 0 Å². The van der Waals surface area contributed by atoms with E-state index >= 15 is 0 Å². The fraction of sp³-hybridized carbons (Fsp3) is 0.188. The Morgan fingerprint density at radius 1 is 1.08 bits per heavy atom. The van der Waals surface area contributed by atoms with Gasteiger partial charge in [-0.15, -0.1) is 0 Å². The van der Waals surface area contributed by atoms with Crippen molar-refractivity contribution < 1.29 is 22.0 Å². The van der Waals surface area contributed by atoms with Crippen LogP contribution in [0.25, 0.3) is 0 Å².